The number of phenols is 2. The zero-order chi connectivity index (χ0) is 22.3. The molecule has 0 aliphatic carbocycles. The van der Waals surface area contributed by atoms with E-state index < -0.39 is 55.3 Å². The summed E-state index contributed by atoms with van der Waals surface area (Å²) in [6, 6.07) is 10.4. The minimum absolute atomic E-state index is 0.0758. The molecular formula is C21H22O10. The van der Waals surface area contributed by atoms with E-state index in [2.05, 4.69) is 0 Å². The third-order valence-electron chi connectivity index (χ3n) is 5.41. The minimum atomic E-state index is -1.75. The molecule has 0 amide bonds. The van der Waals surface area contributed by atoms with Gasteiger partial charge in [0, 0.05) is 5.56 Å². The summed E-state index contributed by atoms with van der Waals surface area (Å²) in [6.07, 6.45) is -10.6. The zero-order valence-corrected chi connectivity index (χ0v) is 16.1. The average molecular weight is 434 g/mol. The molecule has 0 spiro atoms. The van der Waals surface area contributed by atoms with Crippen LogP contribution in [0, 0.1) is 0 Å². The van der Waals surface area contributed by atoms with Crippen LogP contribution < -0.4 is 4.74 Å². The van der Waals surface area contributed by atoms with Crippen molar-refractivity contribution in [1.82, 2.24) is 0 Å². The van der Waals surface area contributed by atoms with Crippen LogP contribution in [0.3, 0.4) is 0 Å². The fourth-order valence-electron chi connectivity index (χ4n) is 3.76. The molecule has 0 aromatic heterocycles. The summed E-state index contributed by atoms with van der Waals surface area (Å²) in [5.41, 5.74) is 0.0585. The van der Waals surface area contributed by atoms with Crippen LogP contribution in [0.5, 0.6) is 17.2 Å². The van der Waals surface area contributed by atoms with Crippen molar-refractivity contribution in [3.05, 3.63) is 53.6 Å². The first-order valence-corrected chi connectivity index (χ1v) is 9.60. The SMILES string of the molecule is O=C1c2c(O)cccc2OC(c2ccccc2O)C1OC1O[C@H](CO)[C@@H](O)[C@H](O)[C@H]1O. The largest absolute Gasteiger partial charge is 0.508 e. The fourth-order valence-corrected chi connectivity index (χ4v) is 3.76. The van der Waals surface area contributed by atoms with Crippen molar-refractivity contribution in [2.75, 3.05) is 6.61 Å². The first kappa shape index (κ1) is 21.5. The Morgan fingerprint density at radius 3 is 2.32 bits per heavy atom. The van der Waals surface area contributed by atoms with Crippen LogP contribution in [0.4, 0.5) is 0 Å². The molecule has 1 saturated heterocycles. The minimum Gasteiger partial charge on any atom is -0.508 e. The number of fused-ring (bicyclic) bond motifs is 1. The van der Waals surface area contributed by atoms with Gasteiger partial charge in [-0.3, -0.25) is 4.79 Å². The summed E-state index contributed by atoms with van der Waals surface area (Å²) < 4.78 is 16.9. The van der Waals surface area contributed by atoms with Crippen molar-refractivity contribution in [3.63, 3.8) is 0 Å². The number of hydrogen-bond acceptors (Lipinski definition) is 10. The number of para-hydroxylation sites is 1. The molecule has 0 bridgehead atoms. The van der Waals surface area contributed by atoms with E-state index in [4.69, 9.17) is 14.2 Å². The second-order valence-corrected chi connectivity index (χ2v) is 7.37. The third-order valence-corrected chi connectivity index (χ3v) is 5.41. The summed E-state index contributed by atoms with van der Waals surface area (Å²) in [4.78, 5) is 13.3. The van der Waals surface area contributed by atoms with Gasteiger partial charge in [-0.15, -0.1) is 0 Å². The second kappa shape index (κ2) is 8.42. The number of hydrogen-bond donors (Lipinski definition) is 6. The number of Topliss-reactive ketones (excluding diaryl/α,β-unsaturated/α-hetero) is 1. The van der Waals surface area contributed by atoms with Crippen molar-refractivity contribution in [2.45, 2.75) is 42.9 Å². The number of rotatable bonds is 4. The number of ketones is 1. The maximum Gasteiger partial charge on any atom is 0.203 e. The molecule has 2 aromatic carbocycles. The van der Waals surface area contributed by atoms with Gasteiger partial charge in [0.25, 0.3) is 0 Å². The van der Waals surface area contributed by atoms with Gasteiger partial charge in [-0.1, -0.05) is 24.3 Å². The fraction of sp³-hybridized carbons (Fsp3) is 0.381. The predicted molar refractivity (Wildman–Crippen MR) is 103 cm³/mol. The molecule has 31 heavy (non-hydrogen) atoms. The Bertz CT molecular complexity index is 961. The van der Waals surface area contributed by atoms with Gasteiger partial charge in [-0.2, -0.15) is 0 Å². The second-order valence-electron chi connectivity index (χ2n) is 7.37. The van der Waals surface area contributed by atoms with Crippen molar-refractivity contribution in [1.29, 1.82) is 0 Å². The first-order chi connectivity index (χ1) is 14.8. The summed E-state index contributed by atoms with van der Waals surface area (Å²) in [5, 5.41) is 60.2. The highest BCUT2D eigenvalue weighted by atomic mass is 16.7. The lowest BCUT2D eigenvalue weighted by Crippen LogP contribution is -2.60. The van der Waals surface area contributed by atoms with Gasteiger partial charge in [-0.25, -0.2) is 0 Å². The number of aliphatic hydroxyl groups is 4. The lowest BCUT2D eigenvalue weighted by molar-refractivity contribution is -0.311. The molecule has 10 heteroatoms. The topological polar surface area (TPSA) is 166 Å². The van der Waals surface area contributed by atoms with E-state index in [1.54, 1.807) is 12.1 Å². The van der Waals surface area contributed by atoms with E-state index in [-0.39, 0.29) is 28.4 Å². The number of aromatic hydroxyl groups is 2. The smallest absolute Gasteiger partial charge is 0.203 e. The Labute approximate surface area is 176 Å². The van der Waals surface area contributed by atoms with Crippen LogP contribution in [0.1, 0.15) is 22.0 Å². The molecule has 2 heterocycles. The molecule has 3 unspecified atom stereocenters. The van der Waals surface area contributed by atoms with E-state index in [1.807, 2.05) is 0 Å². The molecule has 1 fully saturated rings. The Balaban J connectivity index is 1.73. The van der Waals surface area contributed by atoms with Gasteiger partial charge in [0.1, 0.15) is 47.2 Å². The highest BCUT2D eigenvalue weighted by Gasteiger charge is 2.49. The van der Waals surface area contributed by atoms with E-state index in [0.717, 1.165) is 0 Å². The summed E-state index contributed by atoms with van der Waals surface area (Å²) in [7, 11) is 0. The highest BCUT2D eigenvalue weighted by Crippen LogP contribution is 2.43. The number of ether oxygens (including phenoxy) is 3. The van der Waals surface area contributed by atoms with Crippen LogP contribution in [0.25, 0.3) is 0 Å². The van der Waals surface area contributed by atoms with Crippen LogP contribution in [0.2, 0.25) is 0 Å². The molecule has 7 atom stereocenters. The zero-order valence-electron chi connectivity index (χ0n) is 16.1. The van der Waals surface area contributed by atoms with Gasteiger partial charge in [0.2, 0.25) is 5.78 Å². The molecular weight excluding hydrogens is 412 g/mol. The Kier molecular flexibility index (Phi) is 5.84. The van der Waals surface area contributed by atoms with Crippen LogP contribution in [0.15, 0.2) is 42.5 Å². The van der Waals surface area contributed by atoms with Crippen LogP contribution >= 0.6 is 0 Å². The molecule has 0 saturated carbocycles. The number of carbonyl (C=O) groups excluding carboxylic acids is 1. The summed E-state index contributed by atoms with van der Waals surface area (Å²) in [6.45, 7) is -0.674. The van der Waals surface area contributed by atoms with Crippen molar-refractivity contribution < 1.29 is 49.6 Å². The number of phenolic OH excluding ortho intramolecular Hbond substituents is 2. The molecule has 10 nitrogen and oxygen atoms in total. The van der Waals surface area contributed by atoms with E-state index in [0.29, 0.717) is 0 Å². The Hall–Kier alpha value is -2.73. The molecule has 4 rings (SSSR count). The number of aliphatic hydroxyl groups excluding tert-OH is 4. The standard InChI is InChI=1S/C21H22O10/c22-8-13-15(25)17(27)18(28)21(30-13)31-20-16(26)14-11(24)6-3-7-12(14)29-19(20)9-4-1-2-5-10(9)23/h1-7,13,15,17-25,27-28H,8H2/t13-,15-,17+,18-,19?,20?,21?/m1/s1. The van der Waals surface area contributed by atoms with Crippen molar-refractivity contribution >= 4 is 5.78 Å². The quantitative estimate of drug-likeness (QED) is 0.373. The number of carbonyl (C=O) groups is 1. The normalized spacial score (nSPS) is 32.9. The predicted octanol–water partition coefficient (Wildman–Crippen LogP) is -0.401. The molecule has 2 aromatic rings. The van der Waals surface area contributed by atoms with E-state index in [1.165, 1.54) is 30.3 Å². The van der Waals surface area contributed by atoms with Crippen LogP contribution in [-0.2, 0) is 9.47 Å². The van der Waals surface area contributed by atoms with Gasteiger partial charge in [-0.05, 0) is 18.2 Å². The van der Waals surface area contributed by atoms with Crippen molar-refractivity contribution in [3.8, 4) is 17.2 Å². The monoisotopic (exact) mass is 434 g/mol. The van der Waals surface area contributed by atoms with Crippen LogP contribution in [-0.4, -0.2) is 79.8 Å². The summed E-state index contributed by atoms with van der Waals surface area (Å²) in [5.74, 6) is -1.15. The summed E-state index contributed by atoms with van der Waals surface area (Å²) >= 11 is 0. The lowest BCUT2D eigenvalue weighted by atomic mass is 9.92. The van der Waals surface area contributed by atoms with E-state index in [9.17, 15) is 35.4 Å². The van der Waals surface area contributed by atoms with E-state index >= 15 is 0 Å². The maximum absolute atomic E-state index is 13.3. The van der Waals surface area contributed by atoms with Gasteiger partial charge in [0.05, 0.1) is 6.61 Å². The highest BCUT2D eigenvalue weighted by molar-refractivity contribution is 6.05. The first-order valence-electron chi connectivity index (χ1n) is 9.60. The average Bonchev–Trinajstić information content (AvgIpc) is 2.76. The molecule has 2 aliphatic rings. The maximum atomic E-state index is 13.3. The van der Waals surface area contributed by atoms with Gasteiger partial charge >= 0.3 is 0 Å². The van der Waals surface area contributed by atoms with Gasteiger partial charge in [0.15, 0.2) is 18.5 Å². The lowest BCUT2D eigenvalue weighted by Gasteiger charge is -2.42. The molecule has 166 valence electrons. The molecule has 0 radical (unpaired) electrons. The van der Waals surface area contributed by atoms with Gasteiger partial charge < -0.3 is 44.8 Å². The van der Waals surface area contributed by atoms with Crippen molar-refractivity contribution in [2.24, 2.45) is 0 Å². The molecule has 6 N–H and O–H groups in total. The molecule has 2 aliphatic heterocycles. The Morgan fingerprint density at radius 2 is 1.61 bits per heavy atom. The number of benzene rings is 2. The Morgan fingerprint density at radius 1 is 0.903 bits per heavy atom. The third kappa shape index (κ3) is 3.74.